The van der Waals surface area contributed by atoms with Crippen molar-refractivity contribution in [3.05, 3.63) is 30.5 Å². The van der Waals surface area contributed by atoms with Crippen LogP contribution in [-0.2, 0) is 0 Å². The minimum absolute atomic E-state index is 0.220. The zero-order valence-electron chi connectivity index (χ0n) is 14.2. The number of benzene rings is 1. The van der Waals surface area contributed by atoms with E-state index in [0.29, 0.717) is 12.5 Å². The van der Waals surface area contributed by atoms with E-state index in [9.17, 15) is 0 Å². The van der Waals surface area contributed by atoms with Gasteiger partial charge in [-0.25, -0.2) is 4.98 Å². The third-order valence-electron chi connectivity index (χ3n) is 3.73. The van der Waals surface area contributed by atoms with Gasteiger partial charge < -0.3 is 14.4 Å². The number of nitrogens with zero attached hydrogens (tertiary/aromatic N) is 2. The minimum Gasteiger partial charge on any atom is -0.492 e. The summed E-state index contributed by atoms with van der Waals surface area (Å²) in [5.74, 6) is 1.56. The maximum atomic E-state index is 6.06. The van der Waals surface area contributed by atoms with Gasteiger partial charge in [-0.1, -0.05) is 6.92 Å². The van der Waals surface area contributed by atoms with Crippen molar-refractivity contribution in [2.75, 3.05) is 27.2 Å². The van der Waals surface area contributed by atoms with Gasteiger partial charge in [0.2, 0.25) is 5.88 Å². The van der Waals surface area contributed by atoms with Gasteiger partial charge in [0.25, 0.3) is 0 Å². The Morgan fingerprint density at radius 2 is 1.95 bits per heavy atom. The quantitative estimate of drug-likeness (QED) is 0.780. The summed E-state index contributed by atoms with van der Waals surface area (Å²) in [6.45, 7) is 7.84. The first-order chi connectivity index (χ1) is 10.4. The van der Waals surface area contributed by atoms with Crippen molar-refractivity contribution < 1.29 is 9.47 Å². The Kier molecular flexibility index (Phi) is 5.24. The molecule has 0 unspecified atom stereocenters. The van der Waals surface area contributed by atoms with E-state index in [-0.39, 0.29) is 5.60 Å². The Labute approximate surface area is 133 Å². The SMILES string of the molecule is CCC(C)(C)Oc1nccc2cc(OCCN(C)C)ccc12. The van der Waals surface area contributed by atoms with Crippen LogP contribution in [0.4, 0.5) is 0 Å². The van der Waals surface area contributed by atoms with Gasteiger partial charge in [-0.2, -0.15) is 0 Å². The second-order valence-electron chi connectivity index (χ2n) is 6.37. The molecule has 0 aliphatic carbocycles. The van der Waals surface area contributed by atoms with Crippen LogP contribution in [0.2, 0.25) is 0 Å². The van der Waals surface area contributed by atoms with E-state index >= 15 is 0 Å². The van der Waals surface area contributed by atoms with E-state index in [4.69, 9.17) is 9.47 Å². The predicted molar refractivity (Wildman–Crippen MR) is 90.8 cm³/mol. The average molecular weight is 302 g/mol. The first-order valence-corrected chi connectivity index (χ1v) is 7.76. The van der Waals surface area contributed by atoms with E-state index in [2.05, 4.69) is 30.7 Å². The number of hydrogen-bond acceptors (Lipinski definition) is 4. The number of ether oxygens (including phenoxy) is 2. The van der Waals surface area contributed by atoms with Crippen molar-refractivity contribution >= 4 is 10.8 Å². The lowest BCUT2D eigenvalue weighted by Crippen LogP contribution is -2.27. The highest BCUT2D eigenvalue weighted by atomic mass is 16.5. The third-order valence-corrected chi connectivity index (χ3v) is 3.73. The van der Waals surface area contributed by atoms with Crippen LogP contribution >= 0.6 is 0 Å². The first-order valence-electron chi connectivity index (χ1n) is 7.76. The van der Waals surface area contributed by atoms with Crippen LogP contribution in [0.1, 0.15) is 27.2 Å². The fraction of sp³-hybridized carbons (Fsp3) is 0.500. The predicted octanol–water partition coefficient (Wildman–Crippen LogP) is 3.74. The number of pyridine rings is 1. The van der Waals surface area contributed by atoms with Crippen LogP contribution in [0.15, 0.2) is 30.5 Å². The Balaban J connectivity index is 2.20. The highest BCUT2D eigenvalue weighted by molar-refractivity contribution is 5.87. The van der Waals surface area contributed by atoms with Gasteiger partial charge >= 0.3 is 0 Å². The Morgan fingerprint density at radius 1 is 1.18 bits per heavy atom. The molecule has 0 atom stereocenters. The molecule has 0 saturated heterocycles. The molecule has 1 aromatic carbocycles. The second-order valence-corrected chi connectivity index (χ2v) is 6.37. The van der Waals surface area contributed by atoms with Crippen molar-refractivity contribution in [1.82, 2.24) is 9.88 Å². The molecule has 0 radical (unpaired) electrons. The molecule has 1 heterocycles. The van der Waals surface area contributed by atoms with Crippen LogP contribution in [0, 0.1) is 0 Å². The summed E-state index contributed by atoms with van der Waals surface area (Å²) >= 11 is 0. The standard InChI is InChI=1S/C18H26N2O2/c1-6-18(2,3)22-17-16-8-7-15(21-12-11-20(4)5)13-14(16)9-10-19-17/h7-10,13H,6,11-12H2,1-5H3. The Hall–Kier alpha value is -1.81. The number of aromatic nitrogens is 1. The lowest BCUT2D eigenvalue weighted by molar-refractivity contribution is 0.101. The molecule has 0 fully saturated rings. The van der Waals surface area contributed by atoms with Crippen LogP contribution in [0.25, 0.3) is 10.8 Å². The molecule has 0 amide bonds. The van der Waals surface area contributed by atoms with Crippen molar-refractivity contribution in [3.8, 4) is 11.6 Å². The molecule has 0 aliphatic heterocycles. The zero-order valence-corrected chi connectivity index (χ0v) is 14.2. The molecule has 0 bridgehead atoms. The summed E-state index contributed by atoms with van der Waals surface area (Å²) in [6, 6.07) is 8.03. The second kappa shape index (κ2) is 6.97. The van der Waals surface area contributed by atoms with Crippen molar-refractivity contribution in [3.63, 3.8) is 0 Å². The largest absolute Gasteiger partial charge is 0.492 e. The summed E-state index contributed by atoms with van der Waals surface area (Å²) in [4.78, 5) is 6.49. The fourth-order valence-corrected chi connectivity index (χ4v) is 1.98. The van der Waals surface area contributed by atoms with Gasteiger partial charge in [-0.15, -0.1) is 0 Å². The van der Waals surface area contributed by atoms with Gasteiger partial charge in [0.15, 0.2) is 0 Å². The molecular weight excluding hydrogens is 276 g/mol. The first kappa shape index (κ1) is 16.6. The van der Waals surface area contributed by atoms with E-state index in [1.807, 2.05) is 38.4 Å². The van der Waals surface area contributed by atoms with Crippen LogP contribution in [0.3, 0.4) is 0 Å². The van der Waals surface area contributed by atoms with E-state index in [1.54, 1.807) is 6.20 Å². The lowest BCUT2D eigenvalue weighted by atomic mass is 10.1. The molecule has 0 aliphatic rings. The monoisotopic (exact) mass is 302 g/mol. The summed E-state index contributed by atoms with van der Waals surface area (Å²) in [5.41, 5.74) is -0.220. The van der Waals surface area contributed by atoms with Gasteiger partial charge in [0.05, 0.1) is 0 Å². The Morgan fingerprint density at radius 3 is 2.64 bits per heavy atom. The van der Waals surface area contributed by atoms with Gasteiger partial charge in [0, 0.05) is 18.1 Å². The molecule has 0 saturated carbocycles. The molecule has 120 valence electrons. The molecule has 4 nitrogen and oxygen atoms in total. The van der Waals surface area contributed by atoms with Crippen molar-refractivity contribution in [1.29, 1.82) is 0 Å². The highest BCUT2D eigenvalue weighted by Gasteiger charge is 2.19. The number of fused-ring (bicyclic) bond motifs is 1. The number of hydrogen-bond donors (Lipinski definition) is 0. The maximum Gasteiger partial charge on any atom is 0.221 e. The Bertz CT molecular complexity index is 624. The molecule has 0 spiro atoms. The summed E-state index contributed by atoms with van der Waals surface area (Å²) in [5, 5.41) is 2.10. The van der Waals surface area contributed by atoms with E-state index in [0.717, 1.165) is 29.5 Å². The number of likely N-dealkylation sites (N-methyl/N-ethyl adjacent to an activating group) is 1. The molecule has 22 heavy (non-hydrogen) atoms. The van der Waals surface area contributed by atoms with Crippen LogP contribution in [-0.4, -0.2) is 42.7 Å². The van der Waals surface area contributed by atoms with E-state index < -0.39 is 0 Å². The van der Waals surface area contributed by atoms with Crippen molar-refractivity contribution in [2.45, 2.75) is 32.8 Å². The normalized spacial score (nSPS) is 11.9. The van der Waals surface area contributed by atoms with E-state index in [1.165, 1.54) is 0 Å². The molecule has 4 heteroatoms. The lowest BCUT2D eigenvalue weighted by Gasteiger charge is -2.24. The fourth-order valence-electron chi connectivity index (χ4n) is 1.98. The third kappa shape index (κ3) is 4.34. The maximum absolute atomic E-state index is 6.06. The summed E-state index contributed by atoms with van der Waals surface area (Å²) in [6.07, 6.45) is 2.71. The zero-order chi connectivity index (χ0) is 16.2. The molecule has 2 aromatic rings. The van der Waals surface area contributed by atoms with Gasteiger partial charge in [0.1, 0.15) is 18.0 Å². The molecule has 2 rings (SSSR count). The van der Waals surface area contributed by atoms with Crippen LogP contribution in [0.5, 0.6) is 11.6 Å². The van der Waals surface area contributed by atoms with Crippen molar-refractivity contribution in [2.24, 2.45) is 0 Å². The number of rotatable bonds is 7. The van der Waals surface area contributed by atoms with Gasteiger partial charge in [-0.3, -0.25) is 0 Å². The average Bonchev–Trinajstić information content (AvgIpc) is 2.46. The summed E-state index contributed by atoms with van der Waals surface area (Å²) in [7, 11) is 4.07. The topological polar surface area (TPSA) is 34.6 Å². The van der Waals surface area contributed by atoms with Crippen LogP contribution < -0.4 is 9.47 Å². The van der Waals surface area contributed by atoms with Gasteiger partial charge in [-0.05, 0) is 64.0 Å². The molecule has 0 N–H and O–H groups in total. The minimum atomic E-state index is -0.220. The smallest absolute Gasteiger partial charge is 0.221 e. The highest BCUT2D eigenvalue weighted by Crippen LogP contribution is 2.29. The summed E-state index contributed by atoms with van der Waals surface area (Å²) < 4.78 is 11.8. The molecular formula is C18H26N2O2. The molecule has 1 aromatic heterocycles.